The number of aliphatic carboxylic acids is 1. The molecule has 102 valence electrons. The SMILES string of the molecule is O=C(O)C1CCCC(C(=O)N2CCCOCC2)C1. The lowest BCUT2D eigenvalue weighted by molar-refractivity contribution is -0.145. The molecule has 18 heavy (non-hydrogen) atoms. The molecule has 0 aromatic carbocycles. The fraction of sp³-hybridized carbons (Fsp3) is 0.846. The molecule has 0 aromatic rings. The molecule has 1 amide bonds. The summed E-state index contributed by atoms with van der Waals surface area (Å²) >= 11 is 0. The molecule has 0 bridgehead atoms. The number of hydrogen-bond acceptors (Lipinski definition) is 3. The Kier molecular flexibility index (Phi) is 4.58. The van der Waals surface area contributed by atoms with Gasteiger partial charge in [-0.3, -0.25) is 9.59 Å². The van der Waals surface area contributed by atoms with Gasteiger partial charge in [0.15, 0.2) is 0 Å². The zero-order valence-electron chi connectivity index (χ0n) is 10.6. The minimum absolute atomic E-state index is 0.0991. The Balaban J connectivity index is 1.92. The third kappa shape index (κ3) is 3.22. The predicted octanol–water partition coefficient (Wildman–Crippen LogP) is 1.13. The van der Waals surface area contributed by atoms with E-state index in [1.807, 2.05) is 4.90 Å². The molecule has 2 rings (SSSR count). The third-order valence-corrected chi connectivity index (χ3v) is 3.91. The third-order valence-electron chi connectivity index (χ3n) is 3.91. The van der Waals surface area contributed by atoms with E-state index in [0.717, 1.165) is 25.8 Å². The van der Waals surface area contributed by atoms with Crippen LogP contribution in [-0.4, -0.2) is 48.2 Å². The highest BCUT2D eigenvalue weighted by Gasteiger charge is 2.33. The molecular weight excluding hydrogens is 234 g/mol. The summed E-state index contributed by atoms with van der Waals surface area (Å²) in [6.45, 7) is 2.70. The fourth-order valence-electron chi connectivity index (χ4n) is 2.86. The molecule has 1 aliphatic carbocycles. The highest BCUT2D eigenvalue weighted by atomic mass is 16.5. The first kappa shape index (κ1) is 13.3. The monoisotopic (exact) mass is 255 g/mol. The Hall–Kier alpha value is -1.10. The molecule has 2 aliphatic rings. The zero-order valence-corrected chi connectivity index (χ0v) is 10.6. The molecule has 2 atom stereocenters. The van der Waals surface area contributed by atoms with E-state index >= 15 is 0 Å². The van der Waals surface area contributed by atoms with Crippen molar-refractivity contribution in [1.29, 1.82) is 0 Å². The lowest BCUT2D eigenvalue weighted by atomic mass is 9.80. The van der Waals surface area contributed by atoms with E-state index in [4.69, 9.17) is 9.84 Å². The number of amides is 1. The fourth-order valence-corrected chi connectivity index (χ4v) is 2.86. The van der Waals surface area contributed by atoms with Gasteiger partial charge in [0.05, 0.1) is 12.5 Å². The lowest BCUT2D eigenvalue weighted by Crippen LogP contribution is -2.40. The number of hydrogen-bond donors (Lipinski definition) is 1. The van der Waals surface area contributed by atoms with Gasteiger partial charge in [-0.2, -0.15) is 0 Å². The first-order valence-electron chi connectivity index (χ1n) is 6.78. The second-order valence-corrected chi connectivity index (χ2v) is 5.19. The van der Waals surface area contributed by atoms with Crippen LogP contribution in [0.25, 0.3) is 0 Å². The van der Waals surface area contributed by atoms with Crippen LogP contribution in [-0.2, 0) is 14.3 Å². The summed E-state index contributed by atoms with van der Waals surface area (Å²) in [6.07, 6.45) is 3.77. The average molecular weight is 255 g/mol. The van der Waals surface area contributed by atoms with Gasteiger partial charge in [0.25, 0.3) is 0 Å². The summed E-state index contributed by atoms with van der Waals surface area (Å²) in [5.74, 6) is -1.06. The number of nitrogens with zero attached hydrogens (tertiary/aromatic N) is 1. The summed E-state index contributed by atoms with van der Waals surface area (Å²) in [7, 11) is 0. The van der Waals surface area contributed by atoms with E-state index in [1.54, 1.807) is 0 Å². The maximum absolute atomic E-state index is 12.4. The van der Waals surface area contributed by atoms with Crippen LogP contribution in [0.15, 0.2) is 0 Å². The van der Waals surface area contributed by atoms with Crippen molar-refractivity contribution in [2.24, 2.45) is 11.8 Å². The van der Waals surface area contributed by atoms with Gasteiger partial charge in [0.2, 0.25) is 5.91 Å². The van der Waals surface area contributed by atoms with Crippen molar-refractivity contribution in [2.75, 3.05) is 26.3 Å². The normalized spacial score (nSPS) is 29.7. The van der Waals surface area contributed by atoms with Crippen molar-refractivity contribution in [3.63, 3.8) is 0 Å². The van der Waals surface area contributed by atoms with Gasteiger partial charge in [0, 0.05) is 25.6 Å². The second kappa shape index (κ2) is 6.18. The second-order valence-electron chi connectivity index (χ2n) is 5.19. The zero-order chi connectivity index (χ0) is 13.0. The van der Waals surface area contributed by atoms with Crippen LogP contribution in [0.3, 0.4) is 0 Å². The Labute approximate surface area is 107 Å². The summed E-state index contributed by atoms with van der Waals surface area (Å²) in [5, 5.41) is 9.05. The molecular formula is C13H21NO4. The maximum atomic E-state index is 12.4. The first-order chi connectivity index (χ1) is 8.68. The number of carbonyl (C=O) groups excluding carboxylic acids is 1. The van der Waals surface area contributed by atoms with E-state index in [-0.39, 0.29) is 17.7 Å². The van der Waals surface area contributed by atoms with Crippen LogP contribution < -0.4 is 0 Å². The van der Waals surface area contributed by atoms with E-state index in [0.29, 0.717) is 32.6 Å². The van der Waals surface area contributed by atoms with Crippen LogP contribution in [0.1, 0.15) is 32.1 Å². The van der Waals surface area contributed by atoms with E-state index in [1.165, 1.54) is 0 Å². The molecule has 2 unspecified atom stereocenters. The smallest absolute Gasteiger partial charge is 0.306 e. The summed E-state index contributed by atoms with van der Waals surface area (Å²) in [4.78, 5) is 25.2. The Morgan fingerprint density at radius 2 is 1.83 bits per heavy atom. The van der Waals surface area contributed by atoms with Crippen LogP contribution in [0.4, 0.5) is 0 Å². The van der Waals surface area contributed by atoms with Gasteiger partial charge in [-0.25, -0.2) is 0 Å². The average Bonchev–Trinajstić information content (AvgIpc) is 2.67. The summed E-state index contributed by atoms with van der Waals surface area (Å²) < 4.78 is 5.33. The molecule has 5 heteroatoms. The van der Waals surface area contributed by atoms with Crippen LogP contribution >= 0.6 is 0 Å². The van der Waals surface area contributed by atoms with Crippen molar-refractivity contribution in [2.45, 2.75) is 32.1 Å². The van der Waals surface area contributed by atoms with E-state index in [9.17, 15) is 9.59 Å². The molecule has 1 aliphatic heterocycles. The van der Waals surface area contributed by atoms with Crippen LogP contribution in [0.2, 0.25) is 0 Å². The molecule has 0 spiro atoms. The van der Waals surface area contributed by atoms with E-state index in [2.05, 4.69) is 0 Å². The van der Waals surface area contributed by atoms with Crippen molar-refractivity contribution in [3.05, 3.63) is 0 Å². The molecule has 1 saturated carbocycles. The quantitative estimate of drug-likeness (QED) is 0.803. The van der Waals surface area contributed by atoms with E-state index < -0.39 is 5.97 Å². The van der Waals surface area contributed by atoms with Crippen LogP contribution in [0, 0.1) is 11.8 Å². The largest absolute Gasteiger partial charge is 0.481 e. The van der Waals surface area contributed by atoms with Gasteiger partial charge in [-0.1, -0.05) is 6.42 Å². The number of carboxylic acid groups (broad SMARTS) is 1. The Bertz CT molecular complexity index is 310. The van der Waals surface area contributed by atoms with Crippen molar-refractivity contribution in [1.82, 2.24) is 4.90 Å². The topological polar surface area (TPSA) is 66.8 Å². The minimum atomic E-state index is -0.758. The molecule has 5 nitrogen and oxygen atoms in total. The van der Waals surface area contributed by atoms with Crippen molar-refractivity contribution >= 4 is 11.9 Å². The molecule has 1 heterocycles. The number of carboxylic acids is 1. The molecule has 1 saturated heterocycles. The highest BCUT2D eigenvalue weighted by molar-refractivity contribution is 5.80. The van der Waals surface area contributed by atoms with Gasteiger partial charge in [0.1, 0.15) is 0 Å². The Morgan fingerprint density at radius 1 is 1.06 bits per heavy atom. The predicted molar refractivity (Wildman–Crippen MR) is 65.1 cm³/mol. The van der Waals surface area contributed by atoms with Gasteiger partial charge in [-0.15, -0.1) is 0 Å². The van der Waals surface area contributed by atoms with Crippen molar-refractivity contribution in [3.8, 4) is 0 Å². The number of ether oxygens (including phenoxy) is 1. The summed E-state index contributed by atoms with van der Waals surface area (Å²) in [6, 6.07) is 0. The maximum Gasteiger partial charge on any atom is 0.306 e. The minimum Gasteiger partial charge on any atom is -0.481 e. The van der Waals surface area contributed by atoms with Gasteiger partial charge >= 0.3 is 5.97 Å². The molecule has 0 radical (unpaired) electrons. The number of carbonyl (C=O) groups is 2. The Morgan fingerprint density at radius 3 is 2.61 bits per heavy atom. The molecule has 0 aromatic heterocycles. The standard InChI is InChI=1S/C13H21NO4/c15-12(14-5-2-7-18-8-6-14)10-3-1-4-11(9-10)13(16)17/h10-11H,1-9H2,(H,16,17). The van der Waals surface area contributed by atoms with Crippen molar-refractivity contribution < 1.29 is 19.4 Å². The highest BCUT2D eigenvalue weighted by Crippen LogP contribution is 2.30. The lowest BCUT2D eigenvalue weighted by Gasteiger charge is -2.30. The molecule has 1 N–H and O–H groups in total. The van der Waals surface area contributed by atoms with Crippen LogP contribution in [0.5, 0.6) is 0 Å². The summed E-state index contributed by atoms with van der Waals surface area (Å²) in [5.41, 5.74) is 0. The molecule has 2 fully saturated rings. The first-order valence-corrected chi connectivity index (χ1v) is 6.78. The number of rotatable bonds is 2. The van der Waals surface area contributed by atoms with Gasteiger partial charge < -0.3 is 14.7 Å². The van der Waals surface area contributed by atoms with Gasteiger partial charge in [-0.05, 0) is 25.7 Å².